The van der Waals surface area contributed by atoms with E-state index in [1.807, 2.05) is 31.3 Å². The Hall–Kier alpha value is -2.13. The summed E-state index contributed by atoms with van der Waals surface area (Å²) in [6.07, 6.45) is 1.01. The molecule has 1 N–H and O–H groups in total. The van der Waals surface area contributed by atoms with Crippen LogP contribution in [0.5, 0.6) is 0 Å². The van der Waals surface area contributed by atoms with Crippen LogP contribution < -0.4 is 10.2 Å². The third-order valence-corrected chi connectivity index (χ3v) is 4.12. The van der Waals surface area contributed by atoms with E-state index in [9.17, 15) is 4.79 Å². The van der Waals surface area contributed by atoms with Crippen LogP contribution in [0.4, 0.5) is 5.69 Å². The molecule has 108 valence electrons. The number of hydrogen-bond acceptors (Lipinski definition) is 2. The number of carbonyl (C=O) groups excluding carboxylic acids is 1. The topological polar surface area (TPSA) is 32.3 Å². The largest absolute Gasteiger partial charge is 0.311 e. The maximum absolute atomic E-state index is 12.6. The molecule has 1 amide bonds. The standard InChI is InChI=1S/C18H20N2O/c1-3-13-4-8-17(9-5-13)20(2)18(21)14-6-7-15-11-19-12-16(15)10-14/h4-10,19H,3,11-12H2,1-2H3. The van der Waals surface area contributed by atoms with Crippen molar-refractivity contribution in [1.82, 2.24) is 5.32 Å². The molecular formula is C18H20N2O. The summed E-state index contributed by atoms with van der Waals surface area (Å²) in [5.74, 6) is 0.0361. The average molecular weight is 280 g/mol. The molecule has 0 saturated carbocycles. The van der Waals surface area contributed by atoms with Gasteiger partial charge in [-0.25, -0.2) is 0 Å². The second kappa shape index (κ2) is 5.70. The summed E-state index contributed by atoms with van der Waals surface area (Å²) in [5, 5.41) is 3.30. The van der Waals surface area contributed by atoms with Gasteiger partial charge in [-0.1, -0.05) is 25.1 Å². The van der Waals surface area contributed by atoms with Gasteiger partial charge in [-0.3, -0.25) is 4.79 Å². The second-order valence-corrected chi connectivity index (χ2v) is 5.47. The van der Waals surface area contributed by atoms with E-state index in [2.05, 4.69) is 30.4 Å². The van der Waals surface area contributed by atoms with Gasteiger partial charge in [0.15, 0.2) is 0 Å². The number of fused-ring (bicyclic) bond motifs is 1. The molecule has 3 rings (SSSR count). The van der Waals surface area contributed by atoms with Crippen molar-refractivity contribution in [2.75, 3.05) is 11.9 Å². The van der Waals surface area contributed by atoms with Crippen LogP contribution in [-0.4, -0.2) is 13.0 Å². The van der Waals surface area contributed by atoms with Crippen LogP contribution in [0.2, 0.25) is 0 Å². The minimum Gasteiger partial charge on any atom is -0.311 e. The Morgan fingerprint density at radius 1 is 1.10 bits per heavy atom. The van der Waals surface area contributed by atoms with Crippen LogP contribution in [0, 0.1) is 0 Å². The molecule has 1 aliphatic heterocycles. The lowest BCUT2D eigenvalue weighted by Crippen LogP contribution is -2.26. The van der Waals surface area contributed by atoms with Gasteiger partial charge in [0.2, 0.25) is 0 Å². The van der Waals surface area contributed by atoms with E-state index < -0.39 is 0 Å². The van der Waals surface area contributed by atoms with Gasteiger partial charge in [0.05, 0.1) is 0 Å². The first-order valence-electron chi connectivity index (χ1n) is 7.38. The molecule has 3 nitrogen and oxygen atoms in total. The van der Waals surface area contributed by atoms with E-state index in [0.29, 0.717) is 0 Å². The van der Waals surface area contributed by atoms with Gasteiger partial charge in [-0.15, -0.1) is 0 Å². The highest BCUT2D eigenvalue weighted by molar-refractivity contribution is 6.05. The average Bonchev–Trinajstić information content (AvgIpc) is 3.01. The number of anilines is 1. The van der Waals surface area contributed by atoms with Crippen LogP contribution in [0.25, 0.3) is 0 Å². The summed E-state index contributed by atoms with van der Waals surface area (Å²) in [6, 6.07) is 14.1. The van der Waals surface area contributed by atoms with Crippen molar-refractivity contribution in [3.05, 3.63) is 64.7 Å². The zero-order valence-corrected chi connectivity index (χ0v) is 12.5. The molecule has 3 heteroatoms. The Kier molecular flexibility index (Phi) is 3.76. The Balaban J connectivity index is 1.83. The molecule has 1 aliphatic rings. The zero-order chi connectivity index (χ0) is 14.8. The van der Waals surface area contributed by atoms with E-state index in [4.69, 9.17) is 0 Å². The van der Waals surface area contributed by atoms with E-state index in [-0.39, 0.29) is 5.91 Å². The van der Waals surface area contributed by atoms with Gasteiger partial charge in [0.1, 0.15) is 0 Å². The molecule has 2 aromatic rings. The van der Waals surface area contributed by atoms with Crippen LogP contribution in [0.1, 0.15) is 34.0 Å². The van der Waals surface area contributed by atoms with Gasteiger partial charge in [-0.2, -0.15) is 0 Å². The Morgan fingerprint density at radius 2 is 1.81 bits per heavy atom. The Labute approximate surface area is 125 Å². The summed E-state index contributed by atoms with van der Waals surface area (Å²) < 4.78 is 0. The molecule has 0 saturated heterocycles. The second-order valence-electron chi connectivity index (χ2n) is 5.47. The first-order chi connectivity index (χ1) is 10.2. The molecule has 21 heavy (non-hydrogen) atoms. The fourth-order valence-corrected chi connectivity index (χ4v) is 2.69. The molecule has 0 atom stereocenters. The van der Waals surface area contributed by atoms with E-state index in [1.165, 1.54) is 16.7 Å². The van der Waals surface area contributed by atoms with Gasteiger partial charge < -0.3 is 10.2 Å². The Morgan fingerprint density at radius 3 is 2.52 bits per heavy atom. The summed E-state index contributed by atoms with van der Waals surface area (Å²) in [4.78, 5) is 14.3. The lowest BCUT2D eigenvalue weighted by molar-refractivity contribution is 0.0993. The predicted octanol–water partition coefficient (Wildman–Crippen LogP) is 3.13. The fourth-order valence-electron chi connectivity index (χ4n) is 2.69. The maximum atomic E-state index is 12.6. The minimum absolute atomic E-state index is 0.0361. The minimum atomic E-state index is 0.0361. The summed E-state index contributed by atoms with van der Waals surface area (Å²) in [6.45, 7) is 3.88. The quantitative estimate of drug-likeness (QED) is 0.937. The summed E-state index contributed by atoms with van der Waals surface area (Å²) >= 11 is 0. The number of rotatable bonds is 3. The van der Waals surface area contributed by atoms with E-state index in [1.54, 1.807) is 4.90 Å². The highest BCUT2D eigenvalue weighted by Gasteiger charge is 2.17. The van der Waals surface area contributed by atoms with Gasteiger partial charge in [0.25, 0.3) is 5.91 Å². The number of aryl methyl sites for hydroxylation is 1. The normalized spacial score (nSPS) is 13.0. The third-order valence-electron chi connectivity index (χ3n) is 4.12. The fraction of sp³-hybridized carbons (Fsp3) is 0.278. The van der Waals surface area contributed by atoms with E-state index in [0.717, 1.165) is 30.8 Å². The zero-order valence-electron chi connectivity index (χ0n) is 12.5. The molecule has 0 aromatic heterocycles. The van der Waals surface area contributed by atoms with Crippen molar-refractivity contribution >= 4 is 11.6 Å². The molecule has 0 aliphatic carbocycles. The molecule has 0 fully saturated rings. The van der Waals surface area contributed by atoms with Crippen LogP contribution in [0.3, 0.4) is 0 Å². The molecule has 0 unspecified atom stereocenters. The van der Waals surface area contributed by atoms with Crippen molar-refractivity contribution in [3.63, 3.8) is 0 Å². The van der Waals surface area contributed by atoms with Crippen molar-refractivity contribution in [2.45, 2.75) is 26.4 Å². The first kappa shape index (κ1) is 13.8. The number of benzene rings is 2. The first-order valence-corrected chi connectivity index (χ1v) is 7.38. The molecule has 2 aromatic carbocycles. The van der Waals surface area contributed by atoms with Crippen LogP contribution >= 0.6 is 0 Å². The predicted molar refractivity (Wildman–Crippen MR) is 85.5 cm³/mol. The lowest BCUT2D eigenvalue weighted by atomic mass is 10.1. The van der Waals surface area contributed by atoms with Crippen LogP contribution in [-0.2, 0) is 19.5 Å². The highest BCUT2D eigenvalue weighted by Crippen LogP contribution is 2.21. The number of nitrogens with zero attached hydrogens (tertiary/aromatic N) is 1. The number of amides is 1. The lowest BCUT2D eigenvalue weighted by Gasteiger charge is -2.18. The van der Waals surface area contributed by atoms with Crippen molar-refractivity contribution in [2.24, 2.45) is 0 Å². The molecule has 0 radical (unpaired) electrons. The number of nitrogens with one attached hydrogen (secondary N) is 1. The Bertz CT molecular complexity index is 661. The third kappa shape index (κ3) is 2.69. The van der Waals surface area contributed by atoms with E-state index >= 15 is 0 Å². The summed E-state index contributed by atoms with van der Waals surface area (Å²) in [7, 11) is 1.83. The van der Waals surface area contributed by atoms with Gasteiger partial charge in [-0.05, 0) is 47.4 Å². The van der Waals surface area contributed by atoms with Crippen molar-refractivity contribution in [3.8, 4) is 0 Å². The SMILES string of the molecule is CCc1ccc(N(C)C(=O)c2ccc3c(c2)CNC3)cc1. The molecule has 1 heterocycles. The highest BCUT2D eigenvalue weighted by atomic mass is 16.2. The number of carbonyl (C=O) groups is 1. The number of hydrogen-bond donors (Lipinski definition) is 1. The smallest absolute Gasteiger partial charge is 0.258 e. The summed E-state index contributed by atoms with van der Waals surface area (Å²) in [5.41, 5.74) is 5.48. The van der Waals surface area contributed by atoms with Crippen molar-refractivity contribution in [1.29, 1.82) is 0 Å². The molecule has 0 bridgehead atoms. The maximum Gasteiger partial charge on any atom is 0.258 e. The molecular weight excluding hydrogens is 260 g/mol. The monoisotopic (exact) mass is 280 g/mol. The van der Waals surface area contributed by atoms with Gasteiger partial charge >= 0.3 is 0 Å². The molecule has 0 spiro atoms. The van der Waals surface area contributed by atoms with Crippen LogP contribution in [0.15, 0.2) is 42.5 Å². The van der Waals surface area contributed by atoms with Gasteiger partial charge in [0, 0.05) is 31.4 Å². The van der Waals surface area contributed by atoms with Crippen molar-refractivity contribution < 1.29 is 4.79 Å².